The van der Waals surface area contributed by atoms with Crippen molar-refractivity contribution in [3.63, 3.8) is 0 Å². The number of nitrogens with zero attached hydrogens (tertiary/aromatic N) is 3. The van der Waals surface area contributed by atoms with Crippen LogP contribution >= 0.6 is 11.5 Å². The second-order valence-electron chi connectivity index (χ2n) is 8.29. The number of hydrogen-bond acceptors (Lipinski definition) is 6. The van der Waals surface area contributed by atoms with Crippen LogP contribution in [0.25, 0.3) is 11.1 Å². The van der Waals surface area contributed by atoms with Crippen LogP contribution in [-0.4, -0.2) is 27.9 Å². The summed E-state index contributed by atoms with van der Waals surface area (Å²) >= 11 is 1.08. The smallest absolute Gasteiger partial charge is 0.280 e. The van der Waals surface area contributed by atoms with Gasteiger partial charge < -0.3 is 9.73 Å². The maximum Gasteiger partial charge on any atom is 0.280 e. The average molecular weight is 509 g/mol. The third kappa shape index (κ3) is 5.49. The minimum Gasteiger partial charge on any atom is -0.467 e. The zero-order valence-corrected chi connectivity index (χ0v) is 20.7. The van der Waals surface area contributed by atoms with E-state index in [0.717, 1.165) is 28.2 Å². The van der Waals surface area contributed by atoms with E-state index in [2.05, 4.69) is 14.9 Å². The zero-order valence-electron chi connectivity index (χ0n) is 19.9. The summed E-state index contributed by atoms with van der Waals surface area (Å²) in [4.78, 5) is 29.2. The molecule has 7 nitrogen and oxygen atoms in total. The third-order valence-corrected chi connectivity index (χ3v) is 6.43. The predicted octanol–water partition coefficient (Wildman–Crippen LogP) is 5.55. The molecule has 0 saturated carbocycles. The van der Waals surface area contributed by atoms with Crippen molar-refractivity contribution in [2.45, 2.75) is 12.5 Å². The molecular formula is C29H24N4O3S. The molecule has 3 aromatic carbocycles. The van der Waals surface area contributed by atoms with Crippen LogP contribution in [-0.2, 0) is 11.2 Å². The molecule has 2 aromatic heterocycles. The highest BCUT2D eigenvalue weighted by molar-refractivity contribution is 7.03. The average Bonchev–Trinajstić information content (AvgIpc) is 3.68. The van der Waals surface area contributed by atoms with Crippen LogP contribution in [0.2, 0.25) is 0 Å². The Kier molecular flexibility index (Phi) is 7.47. The molecular weight excluding hydrogens is 484 g/mol. The molecule has 0 radical (unpaired) electrons. The summed E-state index contributed by atoms with van der Waals surface area (Å²) in [7, 11) is 0. The summed E-state index contributed by atoms with van der Waals surface area (Å²) in [5.74, 6) is -0.460. The van der Waals surface area contributed by atoms with E-state index < -0.39 is 11.9 Å². The topological polar surface area (TPSA) is 88.3 Å². The summed E-state index contributed by atoms with van der Waals surface area (Å²) in [5.41, 5.74) is 3.53. The Labute approximate surface area is 218 Å². The molecule has 5 aromatic rings. The third-order valence-electron chi connectivity index (χ3n) is 5.92. The first-order chi connectivity index (χ1) is 18.2. The number of carbonyl (C=O) groups excluding carboxylic acids is 2. The highest BCUT2D eigenvalue weighted by Crippen LogP contribution is 2.37. The van der Waals surface area contributed by atoms with Crippen LogP contribution in [0.5, 0.6) is 0 Å². The fourth-order valence-corrected chi connectivity index (χ4v) is 4.61. The minimum atomic E-state index is -1.06. The summed E-state index contributed by atoms with van der Waals surface area (Å²) in [6.45, 7) is 0.403. The lowest BCUT2D eigenvalue weighted by Gasteiger charge is -2.31. The summed E-state index contributed by atoms with van der Waals surface area (Å²) in [6.07, 6.45) is 2.15. The molecule has 37 heavy (non-hydrogen) atoms. The van der Waals surface area contributed by atoms with Gasteiger partial charge in [-0.15, -0.1) is 5.10 Å². The van der Waals surface area contributed by atoms with E-state index >= 15 is 0 Å². The van der Waals surface area contributed by atoms with Crippen LogP contribution < -0.4 is 10.2 Å². The van der Waals surface area contributed by atoms with Gasteiger partial charge in [0.05, 0.1) is 12.0 Å². The number of hydrogen-bond donors (Lipinski definition) is 1. The van der Waals surface area contributed by atoms with Crippen LogP contribution in [0.15, 0.2) is 113 Å². The Bertz CT molecular complexity index is 1440. The molecule has 0 saturated heterocycles. The van der Waals surface area contributed by atoms with E-state index in [-0.39, 0.29) is 11.6 Å². The van der Waals surface area contributed by atoms with Gasteiger partial charge in [-0.3, -0.25) is 14.5 Å². The van der Waals surface area contributed by atoms with E-state index in [1.54, 1.807) is 17.5 Å². The second-order valence-corrected chi connectivity index (χ2v) is 8.90. The molecule has 1 N–H and O–H groups in total. The quantitative estimate of drug-likeness (QED) is 0.282. The molecule has 0 spiro atoms. The van der Waals surface area contributed by atoms with Crippen LogP contribution in [0.3, 0.4) is 0 Å². The van der Waals surface area contributed by atoms with Crippen molar-refractivity contribution in [1.82, 2.24) is 14.9 Å². The van der Waals surface area contributed by atoms with Crippen molar-refractivity contribution in [2.75, 3.05) is 11.4 Å². The van der Waals surface area contributed by atoms with Crippen LogP contribution in [0, 0.1) is 0 Å². The molecule has 8 heteroatoms. The fraction of sp³-hybridized carbons (Fsp3) is 0.103. The van der Waals surface area contributed by atoms with Gasteiger partial charge in [-0.25, -0.2) is 0 Å². The lowest BCUT2D eigenvalue weighted by molar-refractivity contribution is -0.122. The molecule has 2 amide bonds. The molecule has 0 bridgehead atoms. The van der Waals surface area contributed by atoms with Gasteiger partial charge >= 0.3 is 0 Å². The number of para-hydroxylation sites is 1. The minimum absolute atomic E-state index is 0.154. The molecule has 5 rings (SSSR count). The Morgan fingerprint density at radius 1 is 0.892 bits per heavy atom. The van der Waals surface area contributed by atoms with Crippen molar-refractivity contribution < 1.29 is 14.0 Å². The van der Waals surface area contributed by atoms with Gasteiger partial charge in [-0.05, 0) is 47.3 Å². The number of carbonyl (C=O) groups is 2. The number of rotatable bonds is 9. The number of aromatic nitrogens is 2. The molecule has 184 valence electrons. The SMILES string of the molecule is O=C(NCCc1ccccc1)C(c1ccco1)N(C(=O)c1csnn1)c1ccccc1-c1ccccc1. The Hall–Kier alpha value is -4.56. The largest absolute Gasteiger partial charge is 0.467 e. The molecule has 0 aliphatic rings. The first kappa shape index (κ1) is 24.1. The van der Waals surface area contributed by atoms with Gasteiger partial charge in [0.15, 0.2) is 11.7 Å². The van der Waals surface area contributed by atoms with Gasteiger partial charge in [-0.2, -0.15) is 0 Å². The van der Waals surface area contributed by atoms with Crippen molar-refractivity contribution in [1.29, 1.82) is 0 Å². The zero-order chi connectivity index (χ0) is 25.5. The van der Waals surface area contributed by atoms with Crippen LogP contribution in [0.1, 0.15) is 27.9 Å². The monoisotopic (exact) mass is 508 g/mol. The van der Waals surface area contributed by atoms with Crippen molar-refractivity contribution in [3.8, 4) is 11.1 Å². The molecule has 0 aliphatic carbocycles. The van der Waals surface area contributed by atoms with E-state index in [4.69, 9.17) is 4.42 Å². The number of benzene rings is 3. The first-order valence-electron chi connectivity index (χ1n) is 11.8. The Morgan fingerprint density at radius 3 is 2.32 bits per heavy atom. The van der Waals surface area contributed by atoms with E-state index in [1.807, 2.05) is 84.9 Å². The number of nitrogens with one attached hydrogen (secondary N) is 1. The van der Waals surface area contributed by atoms with Gasteiger partial charge in [0.2, 0.25) is 0 Å². The van der Waals surface area contributed by atoms with Crippen molar-refractivity contribution >= 4 is 29.0 Å². The van der Waals surface area contributed by atoms with Crippen molar-refractivity contribution in [2.24, 2.45) is 0 Å². The van der Waals surface area contributed by atoms with Gasteiger partial charge in [0.25, 0.3) is 11.8 Å². The lowest BCUT2D eigenvalue weighted by atomic mass is 10.0. The lowest BCUT2D eigenvalue weighted by Crippen LogP contribution is -2.44. The molecule has 0 fully saturated rings. The second kappa shape index (κ2) is 11.5. The molecule has 0 aliphatic heterocycles. The highest BCUT2D eigenvalue weighted by Gasteiger charge is 2.37. The van der Waals surface area contributed by atoms with E-state index in [0.29, 0.717) is 24.4 Å². The maximum atomic E-state index is 13.9. The van der Waals surface area contributed by atoms with Gasteiger partial charge in [0.1, 0.15) is 5.76 Å². The van der Waals surface area contributed by atoms with Gasteiger partial charge in [0, 0.05) is 17.5 Å². The Morgan fingerprint density at radius 2 is 1.62 bits per heavy atom. The molecule has 2 heterocycles. The van der Waals surface area contributed by atoms with Crippen LogP contribution in [0.4, 0.5) is 5.69 Å². The summed E-state index contributed by atoms with van der Waals surface area (Å²) < 4.78 is 9.58. The maximum absolute atomic E-state index is 13.9. The van der Waals surface area contributed by atoms with E-state index in [9.17, 15) is 9.59 Å². The standard InChI is InChI=1S/C29H24N4O3S/c34-28(30-18-17-21-10-3-1-4-11-21)27(26-16-9-19-36-26)33(29(35)24-20-37-32-31-24)25-15-8-7-14-23(25)22-12-5-2-6-13-22/h1-16,19-20,27H,17-18H2,(H,30,34). The fourth-order valence-electron chi connectivity index (χ4n) is 4.18. The number of furan rings is 1. The normalized spacial score (nSPS) is 11.6. The Balaban J connectivity index is 1.56. The first-order valence-corrected chi connectivity index (χ1v) is 12.7. The molecule has 1 atom stereocenters. The molecule has 1 unspecified atom stereocenters. The van der Waals surface area contributed by atoms with Crippen molar-refractivity contribution in [3.05, 3.63) is 126 Å². The summed E-state index contributed by atoms with van der Waals surface area (Å²) in [6, 6.07) is 29.5. The van der Waals surface area contributed by atoms with Gasteiger partial charge in [-0.1, -0.05) is 83.4 Å². The number of anilines is 1. The summed E-state index contributed by atoms with van der Waals surface area (Å²) in [5, 5.41) is 8.58. The highest BCUT2D eigenvalue weighted by atomic mass is 32.1. The predicted molar refractivity (Wildman–Crippen MR) is 143 cm³/mol. The van der Waals surface area contributed by atoms with E-state index in [1.165, 1.54) is 11.2 Å². The number of amides is 2.